The Hall–Kier alpha value is -1.74. The van der Waals surface area contributed by atoms with Crippen molar-refractivity contribution >= 4 is 0 Å². The van der Waals surface area contributed by atoms with Crippen molar-refractivity contribution in [2.75, 3.05) is 7.11 Å². The lowest BCUT2D eigenvalue weighted by Gasteiger charge is -2.22. The molecular formula is C17H22N2O. The molecule has 1 atom stereocenters. The van der Waals surface area contributed by atoms with Gasteiger partial charge in [0.2, 0.25) is 0 Å². The van der Waals surface area contributed by atoms with Gasteiger partial charge in [0.25, 0.3) is 0 Å². The predicted molar refractivity (Wildman–Crippen MR) is 81.7 cm³/mol. The van der Waals surface area contributed by atoms with Crippen LogP contribution in [0.4, 0.5) is 0 Å². The van der Waals surface area contributed by atoms with Crippen LogP contribution in [0.1, 0.15) is 41.4 Å². The van der Waals surface area contributed by atoms with Gasteiger partial charge in [0, 0.05) is 17.4 Å². The van der Waals surface area contributed by atoms with E-state index < -0.39 is 0 Å². The van der Waals surface area contributed by atoms with Crippen molar-refractivity contribution in [2.24, 2.45) is 5.73 Å². The van der Waals surface area contributed by atoms with Crippen molar-refractivity contribution in [3.63, 3.8) is 0 Å². The van der Waals surface area contributed by atoms with Crippen molar-refractivity contribution in [2.45, 2.75) is 39.2 Å². The standard InChI is InChI=1S/C17H22N2O/c1-11-7-8-17(20-3)16(9-11)19-12(2)10-13-14(18)5-4-6-15(13)19/h7-10,14H,4-6,18H2,1-3H3. The largest absolute Gasteiger partial charge is 0.495 e. The fourth-order valence-electron chi connectivity index (χ4n) is 3.25. The Morgan fingerprint density at radius 2 is 2.05 bits per heavy atom. The number of rotatable bonds is 2. The summed E-state index contributed by atoms with van der Waals surface area (Å²) < 4.78 is 7.86. The molecule has 2 aromatic rings. The number of ether oxygens (including phenoxy) is 1. The van der Waals surface area contributed by atoms with Gasteiger partial charge in [0.15, 0.2) is 0 Å². The van der Waals surface area contributed by atoms with Crippen LogP contribution in [0, 0.1) is 13.8 Å². The number of nitrogens with two attached hydrogens (primary N) is 1. The highest BCUT2D eigenvalue weighted by Gasteiger charge is 2.23. The van der Waals surface area contributed by atoms with Gasteiger partial charge in [-0.25, -0.2) is 0 Å². The van der Waals surface area contributed by atoms with Gasteiger partial charge in [-0.15, -0.1) is 0 Å². The van der Waals surface area contributed by atoms with Crippen LogP contribution in [0.15, 0.2) is 24.3 Å². The number of hydrogen-bond acceptors (Lipinski definition) is 2. The summed E-state index contributed by atoms with van der Waals surface area (Å²) in [7, 11) is 1.73. The summed E-state index contributed by atoms with van der Waals surface area (Å²) >= 11 is 0. The molecule has 3 nitrogen and oxygen atoms in total. The van der Waals surface area contributed by atoms with Crippen molar-refractivity contribution in [1.29, 1.82) is 0 Å². The molecule has 1 aromatic carbocycles. The van der Waals surface area contributed by atoms with E-state index in [1.54, 1.807) is 7.11 Å². The van der Waals surface area contributed by atoms with Crippen molar-refractivity contribution in [3.8, 4) is 11.4 Å². The molecule has 0 bridgehead atoms. The minimum absolute atomic E-state index is 0.175. The van der Waals surface area contributed by atoms with Gasteiger partial charge in [-0.05, 0) is 62.4 Å². The van der Waals surface area contributed by atoms with Crippen LogP contribution in [-0.4, -0.2) is 11.7 Å². The van der Waals surface area contributed by atoms with Crippen molar-refractivity contribution < 1.29 is 4.74 Å². The first-order valence-electron chi connectivity index (χ1n) is 7.23. The van der Waals surface area contributed by atoms with E-state index in [0.717, 1.165) is 30.7 Å². The molecule has 0 spiro atoms. The van der Waals surface area contributed by atoms with E-state index in [-0.39, 0.29) is 6.04 Å². The maximum Gasteiger partial charge on any atom is 0.142 e. The first kappa shape index (κ1) is 13.3. The molecule has 1 heterocycles. The summed E-state index contributed by atoms with van der Waals surface area (Å²) in [6.45, 7) is 4.26. The topological polar surface area (TPSA) is 40.2 Å². The van der Waals surface area contributed by atoms with E-state index in [2.05, 4.69) is 36.6 Å². The third kappa shape index (κ3) is 2.02. The highest BCUT2D eigenvalue weighted by Crippen LogP contribution is 2.35. The SMILES string of the molecule is COc1ccc(C)cc1-n1c(C)cc2c1CCCC2N. The van der Waals surface area contributed by atoms with Gasteiger partial charge >= 0.3 is 0 Å². The normalized spacial score (nSPS) is 17.9. The van der Waals surface area contributed by atoms with Gasteiger partial charge in [0.1, 0.15) is 5.75 Å². The molecule has 0 fully saturated rings. The zero-order valence-electron chi connectivity index (χ0n) is 12.4. The fourth-order valence-corrected chi connectivity index (χ4v) is 3.25. The van der Waals surface area contributed by atoms with Crippen molar-refractivity contribution in [1.82, 2.24) is 4.57 Å². The van der Waals surface area contributed by atoms with Crippen LogP contribution < -0.4 is 10.5 Å². The number of fused-ring (bicyclic) bond motifs is 1. The molecule has 1 aliphatic rings. The first-order chi connectivity index (χ1) is 9.61. The third-order valence-corrected chi connectivity index (χ3v) is 4.22. The third-order valence-electron chi connectivity index (χ3n) is 4.22. The van der Waals surface area contributed by atoms with E-state index >= 15 is 0 Å². The average molecular weight is 270 g/mol. The molecule has 0 radical (unpaired) electrons. The molecule has 1 aliphatic carbocycles. The lowest BCUT2D eigenvalue weighted by molar-refractivity contribution is 0.412. The minimum atomic E-state index is 0.175. The lowest BCUT2D eigenvalue weighted by Crippen LogP contribution is -2.18. The summed E-state index contributed by atoms with van der Waals surface area (Å²) in [6, 6.07) is 8.72. The number of aromatic nitrogens is 1. The fraction of sp³-hybridized carbons (Fsp3) is 0.412. The minimum Gasteiger partial charge on any atom is -0.495 e. The average Bonchev–Trinajstić information content (AvgIpc) is 2.76. The molecule has 0 saturated heterocycles. The monoisotopic (exact) mass is 270 g/mol. The maximum absolute atomic E-state index is 6.26. The lowest BCUT2D eigenvalue weighted by atomic mass is 9.93. The number of benzene rings is 1. The van der Waals surface area contributed by atoms with Gasteiger partial charge in [-0.3, -0.25) is 0 Å². The summed E-state index contributed by atoms with van der Waals surface area (Å²) in [5, 5.41) is 0. The second-order valence-electron chi connectivity index (χ2n) is 5.70. The summed E-state index contributed by atoms with van der Waals surface area (Å²) in [6.07, 6.45) is 3.33. The van der Waals surface area contributed by atoms with Crippen LogP contribution in [0.25, 0.3) is 5.69 Å². The maximum atomic E-state index is 6.26. The van der Waals surface area contributed by atoms with E-state index in [9.17, 15) is 0 Å². The quantitative estimate of drug-likeness (QED) is 0.908. The number of methoxy groups -OCH3 is 1. The van der Waals surface area contributed by atoms with E-state index in [1.807, 2.05) is 6.07 Å². The van der Waals surface area contributed by atoms with E-state index in [0.29, 0.717) is 0 Å². The summed E-state index contributed by atoms with van der Waals surface area (Å²) in [5.41, 5.74) is 12.5. The van der Waals surface area contributed by atoms with Gasteiger partial charge in [0.05, 0.1) is 12.8 Å². The Kier molecular flexibility index (Phi) is 3.30. The Labute approximate surface area is 120 Å². The zero-order valence-corrected chi connectivity index (χ0v) is 12.4. The smallest absolute Gasteiger partial charge is 0.142 e. The molecule has 1 unspecified atom stereocenters. The van der Waals surface area contributed by atoms with Crippen LogP contribution in [-0.2, 0) is 6.42 Å². The van der Waals surface area contributed by atoms with Gasteiger partial charge < -0.3 is 15.0 Å². The second-order valence-corrected chi connectivity index (χ2v) is 5.70. The number of hydrogen-bond donors (Lipinski definition) is 1. The Morgan fingerprint density at radius 1 is 1.25 bits per heavy atom. The molecule has 3 rings (SSSR count). The summed E-state index contributed by atoms with van der Waals surface area (Å²) in [5.74, 6) is 0.913. The Bertz CT molecular complexity index is 643. The van der Waals surface area contributed by atoms with E-state index in [4.69, 9.17) is 10.5 Å². The molecule has 3 heteroatoms. The first-order valence-corrected chi connectivity index (χ1v) is 7.23. The molecule has 20 heavy (non-hydrogen) atoms. The van der Waals surface area contributed by atoms with Crippen LogP contribution >= 0.6 is 0 Å². The van der Waals surface area contributed by atoms with Gasteiger partial charge in [-0.2, -0.15) is 0 Å². The van der Waals surface area contributed by atoms with Crippen LogP contribution in [0.5, 0.6) is 5.75 Å². The molecular weight excluding hydrogens is 248 g/mol. The molecule has 0 saturated carbocycles. The summed E-state index contributed by atoms with van der Waals surface area (Å²) in [4.78, 5) is 0. The van der Waals surface area contributed by atoms with Gasteiger partial charge in [-0.1, -0.05) is 6.07 Å². The Balaban J connectivity index is 2.23. The Morgan fingerprint density at radius 3 is 2.80 bits per heavy atom. The second kappa shape index (κ2) is 4.98. The van der Waals surface area contributed by atoms with Crippen LogP contribution in [0.2, 0.25) is 0 Å². The van der Waals surface area contributed by atoms with E-state index in [1.165, 1.54) is 22.5 Å². The zero-order chi connectivity index (χ0) is 14.3. The molecule has 1 aromatic heterocycles. The molecule has 0 amide bonds. The number of aryl methyl sites for hydroxylation is 2. The molecule has 2 N–H and O–H groups in total. The number of nitrogens with zero attached hydrogens (tertiary/aromatic N) is 1. The predicted octanol–water partition coefficient (Wildman–Crippen LogP) is 3.44. The molecule has 106 valence electrons. The highest BCUT2D eigenvalue weighted by atomic mass is 16.5. The highest BCUT2D eigenvalue weighted by molar-refractivity contribution is 5.53. The van der Waals surface area contributed by atoms with Crippen molar-refractivity contribution in [3.05, 3.63) is 46.8 Å². The molecule has 0 aliphatic heterocycles. The van der Waals surface area contributed by atoms with Crippen LogP contribution in [0.3, 0.4) is 0 Å².